The maximum absolute atomic E-state index is 14.0. The SMILES string of the molecule is COC12C=C3C(=O)c4c(O)cccc4OC34[C@H](C1)C(C)(C)O[C@]4(CC=C(C)C)C2=O. The predicted octanol–water partition coefficient (Wildman–Crippen LogP) is 3.52. The molecular weight excluding hydrogens is 384 g/mol. The molecule has 1 saturated heterocycles. The zero-order valence-electron chi connectivity index (χ0n) is 17.9. The van der Waals surface area contributed by atoms with Crippen LogP contribution in [0.4, 0.5) is 0 Å². The third-order valence-electron chi connectivity index (χ3n) is 7.31. The number of fused-ring (bicyclic) bond motifs is 1. The molecule has 1 aromatic rings. The number of hydrogen-bond acceptors (Lipinski definition) is 6. The Labute approximate surface area is 175 Å². The Hall–Kier alpha value is -2.44. The third kappa shape index (κ3) is 1.97. The Kier molecular flexibility index (Phi) is 3.66. The number of carbonyl (C=O) groups excluding carboxylic acids is 2. The van der Waals surface area contributed by atoms with E-state index in [1.54, 1.807) is 18.2 Å². The minimum absolute atomic E-state index is 0.121. The van der Waals surface area contributed by atoms with Gasteiger partial charge in [-0.1, -0.05) is 17.7 Å². The molecule has 1 N–H and O–H groups in total. The summed E-state index contributed by atoms with van der Waals surface area (Å²) in [5.41, 5.74) is -3.13. The van der Waals surface area contributed by atoms with Gasteiger partial charge in [-0.2, -0.15) is 0 Å². The molecule has 158 valence electrons. The predicted molar refractivity (Wildman–Crippen MR) is 109 cm³/mol. The summed E-state index contributed by atoms with van der Waals surface area (Å²) >= 11 is 0. The molecule has 30 heavy (non-hydrogen) atoms. The topological polar surface area (TPSA) is 82.1 Å². The number of aromatic hydroxyl groups is 1. The van der Waals surface area contributed by atoms with Crippen molar-refractivity contribution in [2.75, 3.05) is 7.11 Å². The number of benzene rings is 1. The van der Waals surface area contributed by atoms with Gasteiger partial charge in [-0.25, -0.2) is 0 Å². The number of Topliss-reactive ketones (excluding diaryl/α,β-unsaturated/α-hetero) is 2. The summed E-state index contributed by atoms with van der Waals surface area (Å²) in [5, 5.41) is 10.4. The largest absolute Gasteiger partial charge is 0.507 e. The second kappa shape index (κ2) is 5.62. The third-order valence-corrected chi connectivity index (χ3v) is 7.31. The molecular formula is C24H26O6. The second-order valence-corrected chi connectivity index (χ2v) is 9.57. The molecule has 6 rings (SSSR count). The van der Waals surface area contributed by atoms with Crippen molar-refractivity contribution in [1.82, 2.24) is 0 Å². The van der Waals surface area contributed by atoms with Crippen molar-refractivity contribution < 1.29 is 28.9 Å². The van der Waals surface area contributed by atoms with E-state index in [0.29, 0.717) is 12.0 Å². The summed E-state index contributed by atoms with van der Waals surface area (Å²) in [6, 6.07) is 4.76. The van der Waals surface area contributed by atoms with Crippen LogP contribution in [0.25, 0.3) is 0 Å². The standard InChI is InChI=1S/C24H26O6/c1-13(2)9-10-23-20(27)22(28-5)11-14-19(26)18-15(25)7-6-8-16(18)29-24(14,23)17(12-22)21(3,4)30-23/h6-9,11,17,25H,10,12H2,1-5H3/t17-,22?,23-,24?/m1/s1. The van der Waals surface area contributed by atoms with Gasteiger partial charge in [0.15, 0.2) is 17.0 Å². The summed E-state index contributed by atoms with van der Waals surface area (Å²) in [4.78, 5) is 27.7. The van der Waals surface area contributed by atoms with Gasteiger partial charge in [-0.15, -0.1) is 0 Å². The zero-order valence-corrected chi connectivity index (χ0v) is 17.9. The molecule has 0 radical (unpaired) electrons. The first-order valence-corrected chi connectivity index (χ1v) is 10.3. The van der Waals surface area contributed by atoms with Crippen LogP contribution in [0.15, 0.2) is 41.5 Å². The first-order chi connectivity index (χ1) is 14.0. The molecule has 6 nitrogen and oxygen atoms in total. The number of ketones is 2. The molecule has 5 aliphatic rings. The Morgan fingerprint density at radius 1 is 1.30 bits per heavy atom. The minimum Gasteiger partial charge on any atom is -0.507 e. The van der Waals surface area contributed by atoms with Gasteiger partial charge in [0.1, 0.15) is 22.7 Å². The van der Waals surface area contributed by atoms with E-state index in [2.05, 4.69) is 0 Å². The number of hydrogen-bond donors (Lipinski definition) is 1. The van der Waals surface area contributed by atoms with Crippen LogP contribution in [0, 0.1) is 5.92 Å². The Bertz CT molecular complexity index is 1060. The lowest BCUT2D eigenvalue weighted by atomic mass is 9.49. The Morgan fingerprint density at radius 2 is 2.03 bits per heavy atom. The molecule has 2 fully saturated rings. The van der Waals surface area contributed by atoms with Gasteiger partial charge in [0, 0.05) is 25.0 Å². The average molecular weight is 410 g/mol. The van der Waals surface area contributed by atoms with Crippen LogP contribution < -0.4 is 4.74 Å². The van der Waals surface area contributed by atoms with Crippen LogP contribution in [-0.4, -0.2) is 46.2 Å². The van der Waals surface area contributed by atoms with E-state index in [1.165, 1.54) is 13.2 Å². The molecule has 1 spiro atoms. The van der Waals surface area contributed by atoms with E-state index in [9.17, 15) is 14.7 Å². The summed E-state index contributed by atoms with van der Waals surface area (Å²) in [7, 11) is 1.49. The number of carbonyl (C=O) groups is 2. The van der Waals surface area contributed by atoms with Crippen molar-refractivity contribution >= 4 is 11.6 Å². The van der Waals surface area contributed by atoms with Crippen LogP contribution in [0.5, 0.6) is 11.5 Å². The summed E-state index contributed by atoms with van der Waals surface area (Å²) in [6.07, 6.45) is 4.22. The smallest absolute Gasteiger partial charge is 0.205 e. The first-order valence-electron chi connectivity index (χ1n) is 10.3. The quantitative estimate of drug-likeness (QED) is 0.768. The monoisotopic (exact) mass is 410 g/mol. The molecule has 4 bridgehead atoms. The fourth-order valence-electron chi connectivity index (χ4n) is 6.03. The van der Waals surface area contributed by atoms with E-state index < -0.39 is 22.4 Å². The van der Waals surface area contributed by atoms with Crippen LogP contribution in [-0.2, 0) is 14.3 Å². The van der Waals surface area contributed by atoms with E-state index in [-0.39, 0.29) is 41.0 Å². The van der Waals surface area contributed by atoms with Crippen molar-refractivity contribution in [3.63, 3.8) is 0 Å². The number of rotatable bonds is 3. The van der Waals surface area contributed by atoms with E-state index in [0.717, 1.165) is 5.57 Å². The number of ether oxygens (including phenoxy) is 3. The van der Waals surface area contributed by atoms with Crippen molar-refractivity contribution in [3.05, 3.63) is 47.1 Å². The van der Waals surface area contributed by atoms with Crippen LogP contribution >= 0.6 is 0 Å². The molecule has 2 heterocycles. The molecule has 6 heteroatoms. The van der Waals surface area contributed by atoms with Crippen molar-refractivity contribution in [2.45, 2.75) is 62.9 Å². The lowest BCUT2D eigenvalue weighted by Crippen LogP contribution is -2.77. The highest BCUT2D eigenvalue weighted by Crippen LogP contribution is 2.68. The molecule has 1 saturated carbocycles. The van der Waals surface area contributed by atoms with Crippen molar-refractivity contribution in [3.8, 4) is 11.5 Å². The van der Waals surface area contributed by atoms with E-state index in [1.807, 2.05) is 33.8 Å². The molecule has 1 aromatic carbocycles. The highest BCUT2D eigenvalue weighted by atomic mass is 16.6. The van der Waals surface area contributed by atoms with Gasteiger partial charge in [-0.05, 0) is 52.3 Å². The minimum atomic E-state index is -1.39. The maximum atomic E-state index is 14.0. The van der Waals surface area contributed by atoms with Gasteiger partial charge in [-0.3, -0.25) is 9.59 Å². The Balaban J connectivity index is 1.87. The first kappa shape index (κ1) is 19.5. The van der Waals surface area contributed by atoms with Gasteiger partial charge in [0.25, 0.3) is 0 Å². The number of phenolic OH excluding ortho intramolecular Hbond substituents is 1. The zero-order chi connectivity index (χ0) is 21.7. The fraction of sp³-hybridized carbons (Fsp3) is 0.500. The van der Waals surface area contributed by atoms with Crippen molar-refractivity contribution in [1.29, 1.82) is 0 Å². The molecule has 2 aliphatic heterocycles. The van der Waals surface area contributed by atoms with Gasteiger partial charge in [0.2, 0.25) is 5.78 Å². The van der Waals surface area contributed by atoms with Crippen LogP contribution in [0.3, 0.4) is 0 Å². The molecule has 2 unspecified atom stereocenters. The van der Waals surface area contributed by atoms with Crippen molar-refractivity contribution in [2.24, 2.45) is 5.92 Å². The number of phenols is 1. The van der Waals surface area contributed by atoms with Gasteiger partial charge < -0.3 is 19.3 Å². The number of allylic oxidation sites excluding steroid dienone is 1. The molecule has 4 atom stereocenters. The lowest BCUT2D eigenvalue weighted by molar-refractivity contribution is -0.189. The molecule has 3 aliphatic carbocycles. The average Bonchev–Trinajstić information content (AvgIpc) is 2.84. The number of methoxy groups -OCH3 is 1. The molecule has 0 amide bonds. The van der Waals surface area contributed by atoms with E-state index >= 15 is 0 Å². The fourth-order valence-corrected chi connectivity index (χ4v) is 6.03. The van der Waals surface area contributed by atoms with Gasteiger partial charge >= 0.3 is 0 Å². The summed E-state index contributed by atoms with van der Waals surface area (Å²) < 4.78 is 19.0. The summed E-state index contributed by atoms with van der Waals surface area (Å²) in [6.45, 7) is 7.80. The van der Waals surface area contributed by atoms with E-state index in [4.69, 9.17) is 14.2 Å². The lowest BCUT2D eigenvalue weighted by Gasteiger charge is -2.59. The highest BCUT2D eigenvalue weighted by molar-refractivity contribution is 6.19. The maximum Gasteiger partial charge on any atom is 0.205 e. The summed E-state index contributed by atoms with van der Waals surface area (Å²) in [5.74, 6) is -0.691. The van der Waals surface area contributed by atoms with Gasteiger partial charge in [0.05, 0.1) is 5.60 Å². The highest BCUT2D eigenvalue weighted by Gasteiger charge is 2.84. The normalized spacial score (nSPS) is 37.2. The van der Waals surface area contributed by atoms with Crippen LogP contribution in [0.1, 0.15) is 50.9 Å². The Morgan fingerprint density at radius 3 is 2.70 bits per heavy atom. The second-order valence-electron chi connectivity index (χ2n) is 9.57. The molecule has 0 aromatic heterocycles. The van der Waals surface area contributed by atoms with Crippen LogP contribution in [0.2, 0.25) is 0 Å².